The standard InChI is InChI=1S/C13H24N2O2/c1-8(2)10-11(16)9(14)12(17)15(10)7-6-13(3,4)5/h8,10,16H,6-7,14H2,1-5H3. The molecule has 0 fully saturated rings. The van der Waals surface area contributed by atoms with Gasteiger partial charge in [-0.1, -0.05) is 34.6 Å². The fraction of sp³-hybridized carbons (Fsp3) is 0.769. The van der Waals surface area contributed by atoms with E-state index in [1.54, 1.807) is 4.90 Å². The number of carbonyl (C=O) groups excluding carboxylic acids is 1. The van der Waals surface area contributed by atoms with E-state index in [1.165, 1.54) is 0 Å². The second-order valence-corrected chi connectivity index (χ2v) is 6.30. The van der Waals surface area contributed by atoms with Crippen LogP contribution in [0, 0.1) is 11.3 Å². The first kappa shape index (κ1) is 13.9. The van der Waals surface area contributed by atoms with Crippen LogP contribution in [0.1, 0.15) is 41.0 Å². The molecule has 0 saturated heterocycles. The van der Waals surface area contributed by atoms with Crippen molar-refractivity contribution in [2.75, 3.05) is 6.54 Å². The number of carbonyl (C=O) groups is 1. The van der Waals surface area contributed by atoms with Crippen LogP contribution in [0.2, 0.25) is 0 Å². The van der Waals surface area contributed by atoms with E-state index in [0.717, 1.165) is 6.42 Å². The van der Waals surface area contributed by atoms with Crippen LogP contribution in [0.15, 0.2) is 11.5 Å². The van der Waals surface area contributed by atoms with Gasteiger partial charge in [-0.3, -0.25) is 4.79 Å². The minimum Gasteiger partial charge on any atom is -0.508 e. The van der Waals surface area contributed by atoms with Crippen molar-refractivity contribution in [3.8, 4) is 0 Å². The van der Waals surface area contributed by atoms with E-state index < -0.39 is 0 Å². The van der Waals surface area contributed by atoms with Crippen LogP contribution in [0.4, 0.5) is 0 Å². The van der Waals surface area contributed by atoms with E-state index in [0.29, 0.717) is 6.54 Å². The molecule has 0 radical (unpaired) electrons. The van der Waals surface area contributed by atoms with Crippen molar-refractivity contribution in [2.45, 2.75) is 47.1 Å². The third-order valence-electron chi connectivity index (χ3n) is 3.12. The Bertz CT molecular complexity index is 340. The zero-order chi connectivity index (χ0) is 13.4. The van der Waals surface area contributed by atoms with E-state index in [2.05, 4.69) is 20.8 Å². The first-order valence-corrected chi connectivity index (χ1v) is 6.14. The van der Waals surface area contributed by atoms with E-state index in [4.69, 9.17) is 5.73 Å². The van der Waals surface area contributed by atoms with Gasteiger partial charge < -0.3 is 15.7 Å². The van der Waals surface area contributed by atoms with E-state index in [-0.39, 0.29) is 34.7 Å². The van der Waals surface area contributed by atoms with Gasteiger partial charge >= 0.3 is 0 Å². The molecule has 1 amide bonds. The maximum Gasteiger partial charge on any atom is 0.273 e. The molecule has 3 N–H and O–H groups in total. The SMILES string of the molecule is CC(C)C1C(O)=C(N)C(=O)N1CCC(C)(C)C. The predicted molar refractivity (Wildman–Crippen MR) is 68.3 cm³/mol. The molecule has 4 heteroatoms. The Morgan fingerprint density at radius 3 is 2.35 bits per heavy atom. The highest BCUT2D eigenvalue weighted by molar-refractivity contribution is 5.96. The van der Waals surface area contributed by atoms with Crippen LogP contribution in [-0.2, 0) is 4.79 Å². The first-order valence-electron chi connectivity index (χ1n) is 6.14. The van der Waals surface area contributed by atoms with Crippen LogP contribution in [-0.4, -0.2) is 28.5 Å². The fourth-order valence-electron chi connectivity index (χ4n) is 2.07. The maximum atomic E-state index is 11.9. The summed E-state index contributed by atoms with van der Waals surface area (Å²) in [6.07, 6.45) is 0.891. The summed E-state index contributed by atoms with van der Waals surface area (Å²) in [4.78, 5) is 13.6. The summed E-state index contributed by atoms with van der Waals surface area (Å²) < 4.78 is 0. The third kappa shape index (κ3) is 2.93. The third-order valence-corrected chi connectivity index (χ3v) is 3.12. The topological polar surface area (TPSA) is 66.6 Å². The number of amides is 1. The van der Waals surface area contributed by atoms with Crippen LogP contribution in [0.25, 0.3) is 0 Å². The van der Waals surface area contributed by atoms with E-state index in [1.807, 2.05) is 13.8 Å². The van der Waals surface area contributed by atoms with Gasteiger partial charge in [-0.2, -0.15) is 0 Å². The average molecular weight is 240 g/mol. The number of rotatable bonds is 3. The Balaban J connectivity index is 2.82. The number of nitrogens with two attached hydrogens (primary N) is 1. The van der Waals surface area contributed by atoms with Gasteiger partial charge in [0.2, 0.25) is 0 Å². The summed E-state index contributed by atoms with van der Waals surface area (Å²) >= 11 is 0. The molecule has 0 spiro atoms. The molecule has 1 aliphatic rings. The number of aliphatic hydroxyl groups is 1. The lowest BCUT2D eigenvalue weighted by Gasteiger charge is -2.30. The van der Waals surface area contributed by atoms with Crippen molar-refractivity contribution in [3.63, 3.8) is 0 Å². The fourth-order valence-corrected chi connectivity index (χ4v) is 2.07. The smallest absolute Gasteiger partial charge is 0.273 e. The summed E-state index contributed by atoms with van der Waals surface area (Å²) in [5, 5.41) is 9.89. The van der Waals surface area contributed by atoms with Crippen LogP contribution in [0.5, 0.6) is 0 Å². The van der Waals surface area contributed by atoms with Crippen molar-refractivity contribution in [3.05, 3.63) is 11.5 Å². The molecule has 0 aromatic heterocycles. The lowest BCUT2D eigenvalue weighted by Crippen LogP contribution is -2.41. The Kier molecular flexibility index (Phi) is 3.74. The molecule has 0 aromatic carbocycles. The summed E-state index contributed by atoms with van der Waals surface area (Å²) in [6.45, 7) is 11.0. The zero-order valence-corrected chi connectivity index (χ0v) is 11.4. The van der Waals surface area contributed by atoms with Gasteiger partial charge in [-0.15, -0.1) is 0 Å². The minimum atomic E-state index is -0.259. The number of nitrogens with zero attached hydrogens (tertiary/aromatic N) is 1. The van der Waals surface area contributed by atoms with Crippen molar-refractivity contribution >= 4 is 5.91 Å². The molecular formula is C13H24N2O2. The molecule has 1 aliphatic heterocycles. The first-order chi connectivity index (χ1) is 7.65. The molecule has 1 rings (SSSR count). The number of aliphatic hydroxyl groups excluding tert-OH is 1. The molecule has 1 heterocycles. The maximum absolute atomic E-state index is 11.9. The molecular weight excluding hydrogens is 216 g/mol. The molecule has 0 saturated carbocycles. The van der Waals surface area contributed by atoms with Crippen LogP contribution >= 0.6 is 0 Å². The molecule has 98 valence electrons. The Labute approximate surface area is 103 Å². The van der Waals surface area contributed by atoms with Crippen molar-refractivity contribution in [1.29, 1.82) is 0 Å². The summed E-state index contributed by atoms with van der Waals surface area (Å²) in [6, 6.07) is -0.259. The monoisotopic (exact) mass is 240 g/mol. The van der Waals surface area contributed by atoms with Crippen molar-refractivity contribution in [2.24, 2.45) is 17.1 Å². The lowest BCUT2D eigenvalue weighted by atomic mass is 9.91. The second-order valence-electron chi connectivity index (χ2n) is 6.30. The second kappa shape index (κ2) is 4.59. The molecule has 0 aliphatic carbocycles. The average Bonchev–Trinajstić information content (AvgIpc) is 2.38. The normalized spacial score (nSPS) is 21.9. The molecule has 4 nitrogen and oxygen atoms in total. The summed E-state index contributed by atoms with van der Waals surface area (Å²) in [5.41, 5.74) is 5.79. The highest BCUT2D eigenvalue weighted by Gasteiger charge is 2.39. The van der Waals surface area contributed by atoms with Crippen molar-refractivity contribution in [1.82, 2.24) is 4.90 Å². The van der Waals surface area contributed by atoms with Gasteiger partial charge in [0, 0.05) is 6.54 Å². The Morgan fingerprint density at radius 1 is 1.41 bits per heavy atom. The largest absolute Gasteiger partial charge is 0.508 e. The van der Waals surface area contributed by atoms with Gasteiger partial charge in [-0.25, -0.2) is 0 Å². The molecule has 1 atom stereocenters. The Morgan fingerprint density at radius 2 is 1.94 bits per heavy atom. The van der Waals surface area contributed by atoms with Gasteiger partial charge in [0.25, 0.3) is 5.91 Å². The summed E-state index contributed by atoms with van der Waals surface area (Å²) in [5.74, 6) is -0.0238. The van der Waals surface area contributed by atoms with Gasteiger partial charge in [0.05, 0.1) is 6.04 Å². The number of hydrogen-bond acceptors (Lipinski definition) is 3. The van der Waals surface area contributed by atoms with Crippen LogP contribution in [0.3, 0.4) is 0 Å². The van der Waals surface area contributed by atoms with Gasteiger partial charge in [0.1, 0.15) is 11.5 Å². The quantitative estimate of drug-likeness (QED) is 0.793. The zero-order valence-electron chi connectivity index (χ0n) is 11.4. The highest BCUT2D eigenvalue weighted by Crippen LogP contribution is 2.29. The predicted octanol–water partition coefficient (Wildman–Crippen LogP) is 2.02. The van der Waals surface area contributed by atoms with Crippen molar-refractivity contribution < 1.29 is 9.90 Å². The number of hydrogen-bond donors (Lipinski definition) is 2. The summed E-state index contributed by atoms with van der Waals surface area (Å²) in [7, 11) is 0. The lowest BCUT2D eigenvalue weighted by molar-refractivity contribution is -0.128. The molecule has 1 unspecified atom stereocenters. The molecule has 0 bridgehead atoms. The van der Waals surface area contributed by atoms with E-state index >= 15 is 0 Å². The van der Waals surface area contributed by atoms with Gasteiger partial charge in [0.15, 0.2) is 0 Å². The van der Waals surface area contributed by atoms with Gasteiger partial charge in [-0.05, 0) is 17.8 Å². The van der Waals surface area contributed by atoms with E-state index in [9.17, 15) is 9.90 Å². The molecule has 0 aromatic rings. The minimum absolute atomic E-state index is 0.0117. The molecule has 17 heavy (non-hydrogen) atoms. The Hall–Kier alpha value is -1.19. The van der Waals surface area contributed by atoms with Crippen LogP contribution < -0.4 is 5.73 Å². The highest BCUT2D eigenvalue weighted by atomic mass is 16.3.